The number of sulfonamides is 1. The van der Waals surface area contributed by atoms with Gasteiger partial charge in [0.1, 0.15) is 18.2 Å². The van der Waals surface area contributed by atoms with Gasteiger partial charge < -0.3 is 4.74 Å². The molecule has 7 nitrogen and oxygen atoms in total. The Labute approximate surface area is 199 Å². The standard InChI is InChI=1S/C23H21BrFN3O4S/c1-16-2-9-21(10-3-16)33(30,31)27-14-23(29)28-26-13-18-12-20(8-11-22(18)24)32-15-17-4-6-19(25)7-5-17/h2-13,27H,14-15H2,1H3,(H,28,29)/b26-13-. The second-order valence-corrected chi connectivity index (χ2v) is 9.65. The molecule has 3 rings (SSSR count). The molecule has 1 amide bonds. The van der Waals surface area contributed by atoms with Gasteiger partial charge in [-0.2, -0.15) is 5.10 Å². The monoisotopic (exact) mass is 533 g/mol. The molecule has 3 aromatic rings. The Balaban J connectivity index is 1.53. The Morgan fingerprint density at radius 3 is 2.48 bits per heavy atom. The number of ether oxygens (including phenoxy) is 1. The van der Waals surface area contributed by atoms with Crippen LogP contribution in [0.2, 0.25) is 0 Å². The number of aryl methyl sites for hydroxylation is 1. The minimum absolute atomic E-state index is 0.0748. The highest BCUT2D eigenvalue weighted by Crippen LogP contribution is 2.22. The molecule has 0 aliphatic carbocycles. The number of carbonyl (C=O) groups excluding carboxylic acids is 1. The van der Waals surface area contributed by atoms with Crippen molar-refractivity contribution in [2.45, 2.75) is 18.4 Å². The molecule has 0 saturated heterocycles. The first-order chi connectivity index (χ1) is 15.7. The van der Waals surface area contributed by atoms with Gasteiger partial charge in [0.2, 0.25) is 10.0 Å². The van der Waals surface area contributed by atoms with Gasteiger partial charge in [-0.15, -0.1) is 0 Å². The summed E-state index contributed by atoms with van der Waals surface area (Å²) in [6.45, 7) is 1.65. The molecule has 0 unspecified atom stereocenters. The van der Waals surface area contributed by atoms with Gasteiger partial charge >= 0.3 is 0 Å². The van der Waals surface area contributed by atoms with Crippen molar-refractivity contribution >= 4 is 38.1 Å². The van der Waals surface area contributed by atoms with Crippen LogP contribution >= 0.6 is 15.9 Å². The average molecular weight is 534 g/mol. The molecule has 0 fully saturated rings. The van der Waals surface area contributed by atoms with Gasteiger partial charge in [-0.1, -0.05) is 45.8 Å². The molecule has 0 aromatic heterocycles. The maximum atomic E-state index is 13.0. The van der Waals surface area contributed by atoms with E-state index in [9.17, 15) is 17.6 Å². The van der Waals surface area contributed by atoms with Gasteiger partial charge in [-0.05, 0) is 55.0 Å². The van der Waals surface area contributed by atoms with E-state index in [4.69, 9.17) is 4.74 Å². The minimum Gasteiger partial charge on any atom is -0.489 e. The maximum Gasteiger partial charge on any atom is 0.255 e. The third kappa shape index (κ3) is 7.48. The number of nitrogens with zero attached hydrogens (tertiary/aromatic N) is 1. The number of amides is 1. The molecule has 0 atom stereocenters. The molecule has 0 aliphatic rings. The molecule has 0 spiro atoms. The molecule has 172 valence electrons. The Morgan fingerprint density at radius 1 is 1.09 bits per heavy atom. The van der Waals surface area contributed by atoms with Crippen molar-refractivity contribution in [3.63, 3.8) is 0 Å². The summed E-state index contributed by atoms with van der Waals surface area (Å²) in [6, 6.07) is 17.5. The number of rotatable bonds is 9. The summed E-state index contributed by atoms with van der Waals surface area (Å²) < 4.78 is 46.1. The predicted octanol–water partition coefficient (Wildman–Crippen LogP) is 3.90. The van der Waals surface area contributed by atoms with Crippen LogP contribution < -0.4 is 14.9 Å². The SMILES string of the molecule is Cc1ccc(S(=O)(=O)NCC(=O)N/N=C\c2cc(OCc3ccc(F)cc3)ccc2Br)cc1. The minimum atomic E-state index is -3.80. The molecule has 33 heavy (non-hydrogen) atoms. The molecule has 0 heterocycles. The van der Waals surface area contributed by atoms with E-state index in [1.165, 1.54) is 30.5 Å². The van der Waals surface area contributed by atoms with Crippen molar-refractivity contribution in [1.29, 1.82) is 0 Å². The fourth-order valence-electron chi connectivity index (χ4n) is 2.63. The first-order valence-corrected chi connectivity index (χ1v) is 12.1. The lowest BCUT2D eigenvalue weighted by atomic mass is 10.2. The van der Waals surface area contributed by atoms with E-state index < -0.39 is 22.5 Å². The molecule has 2 N–H and O–H groups in total. The lowest BCUT2D eigenvalue weighted by Gasteiger charge is -2.08. The number of nitrogens with one attached hydrogen (secondary N) is 2. The molecule has 0 aliphatic heterocycles. The lowest BCUT2D eigenvalue weighted by molar-refractivity contribution is -0.119. The number of carbonyl (C=O) groups is 1. The third-order valence-electron chi connectivity index (χ3n) is 4.43. The van der Waals surface area contributed by atoms with Crippen molar-refractivity contribution in [1.82, 2.24) is 10.1 Å². The van der Waals surface area contributed by atoms with Crippen molar-refractivity contribution in [2.75, 3.05) is 6.54 Å². The summed E-state index contributed by atoms with van der Waals surface area (Å²) in [4.78, 5) is 12.1. The number of hydrogen-bond acceptors (Lipinski definition) is 5. The molecule has 10 heteroatoms. The maximum absolute atomic E-state index is 13.0. The van der Waals surface area contributed by atoms with Crippen LogP contribution in [-0.4, -0.2) is 27.1 Å². The molecule has 0 saturated carbocycles. The van der Waals surface area contributed by atoms with E-state index in [2.05, 4.69) is 31.2 Å². The number of halogens is 2. The average Bonchev–Trinajstić information content (AvgIpc) is 2.79. The van der Waals surface area contributed by atoms with Crippen LogP contribution in [0.25, 0.3) is 0 Å². The fraction of sp³-hybridized carbons (Fsp3) is 0.130. The number of hydrogen-bond donors (Lipinski definition) is 2. The summed E-state index contributed by atoms with van der Waals surface area (Å²) in [7, 11) is -3.80. The van der Waals surface area contributed by atoms with Crippen LogP contribution in [0.1, 0.15) is 16.7 Å². The molecule has 3 aromatic carbocycles. The van der Waals surface area contributed by atoms with Gasteiger partial charge in [-0.25, -0.2) is 23.0 Å². The Kier molecular flexibility index (Phi) is 8.32. The van der Waals surface area contributed by atoms with Crippen molar-refractivity contribution < 1.29 is 22.3 Å². The number of benzene rings is 3. The van der Waals surface area contributed by atoms with Gasteiger partial charge in [0.05, 0.1) is 17.7 Å². The van der Waals surface area contributed by atoms with Crippen molar-refractivity contribution in [3.05, 3.63) is 93.7 Å². The highest BCUT2D eigenvalue weighted by molar-refractivity contribution is 9.10. The summed E-state index contributed by atoms with van der Waals surface area (Å²) in [5.74, 6) is -0.381. The molecule has 0 bridgehead atoms. The Hall–Kier alpha value is -3.08. The van der Waals surface area contributed by atoms with Crippen LogP contribution in [0.3, 0.4) is 0 Å². The zero-order valence-corrected chi connectivity index (χ0v) is 20.0. The predicted molar refractivity (Wildman–Crippen MR) is 127 cm³/mol. The van der Waals surface area contributed by atoms with Crippen LogP contribution in [-0.2, 0) is 21.4 Å². The smallest absolute Gasteiger partial charge is 0.255 e. The Bertz CT molecular complexity index is 1250. The van der Waals surface area contributed by atoms with E-state index in [0.29, 0.717) is 11.3 Å². The Morgan fingerprint density at radius 2 is 1.79 bits per heavy atom. The fourth-order valence-corrected chi connectivity index (χ4v) is 3.96. The van der Waals surface area contributed by atoms with Crippen LogP contribution in [0.5, 0.6) is 5.75 Å². The van der Waals surface area contributed by atoms with E-state index in [1.807, 2.05) is 6.92 Å². The topological polar surface area (TPSA) is 96.9 Å². The summed E-state index contributed by atoms with van der Waals surface area (Å²) in [6.07, 6.45) is 1.40. The zero-order valence-electron chi connectivity index (χ0n) is 17.6. The third-order valence-corrected chi connectivity index (χ3v) is 6.57. The normalized spacial score (nSPS) is 11.5. The van der Waals surface area contributed by atoms with Crippen LogP contribution in [0.4, 0.5) is 4.39 Å². The van der Waals surface area contributed by atoms with E-state index in [1.54, 1.807) is 42.5 Å². The second kappa shape index (κ2) is 11.2. The van der Waals surface area contributed by atoms with Crippen molar-refractivity contribution in [3.8, 4) is 5.75 Å². The van der Waals surface area contributed by atoms with Crippen LogP contribution in [0.15, 0.2) is 81.2 Å². The van der Waals surface area contributed by atoms with Gasteiger partial charge in [-0.3, -0.25) is 4.79 Å². The van der Waals surface area contributed by atoms with E-state index in [-0.39, 0.29) is 17.3 Å². The van der Waals surface area contributed by atoms with Crippen molar-refractivity contribution in [2.24, 2.45) is 5.10 Å². The van der Waals surface area contributed by atoms with Gasteiger partial charge in [0.25, 0.3) is 5.91 Å². The zero-order chi connectivity index (χ0) is 23.8. The molecule has 0 radical (unpaired) electrons. The first kappa shape index (κ1) is 24.6. The largest absolute Gasteiger partial charge is 0.489 e. The molecular formula is C23H21BrFN3O4S. The highest BCUT2D eigenvalue weighted by atomic mass is 79.9. The van der Waals surface area contributed by atoms with E-state index >= 15 is 0 Å². The summed E-state index contributed by atoms with van der Waals surface area (Å²) >= 11 is 3.40. The van der Waals surface area contributed by atoms with E-state index in [0.717, 1.165) is 15.6 Å². The van der Waals surface area contributed by atoms with Gasteiger partial charge in [0.15, 0.2) is 0 Å². The highest BCUT2D eigenvalue weighted by Gasteiger charge is 2.15. The second-order valence-electron chi connectivity index (χ2n) is 7.03. The van der Waals surface area contributed by atoms with Crippen LogP contribution in [0, 0.1) is 12.7 Å². The van der Waals surface area contributed by atoms with Gasteiger partial charge in [0, 0.05) is 10.0 Å². The molecular weight excluding hydrogens is 513 g/mol. The first-order valence-electron chi connectivity index (χ1n) is 9.78. The number of hydrazone groups is 1. The summed E-state index contributed by atoms with van der Waals surface area (Å²) in [5, 5.41) is 3.87. The lowest BCUT2D eigenvalue weighted by Crippen LogP contribution is -2.34. The quantitative estimate of drug-likeness (QED) is 0.322. The summed E-state index contributed by atoms with van der Waals surface area (Å²) in [5.41, 5.74) is 4.65.